The van der Waals surface area contributed by atoms with Crippen molar-refractivity contribution in [2.45, 2.75) is 84.7 Å². The van der Waals surface area contributed by atoms with E-state index >= 15 is 0 Å². The average molecular weight is 394 g/mol. The van der Waals surface area contributed by atoms with Gasteiger partial charge in [-0.1, -0.05) is 56.0 Å². The number of nitrogens with one attached hydrogen (secondary N) is 1. The SMILES string of the molecule is CC[C@@H](C)Oc1c(C)cc(NC(=O)C2(c3cccc(C)c3)CCCCC2)cc1C. The Morgan fingerprint density at radius 3 is 2.31 bits per heavy atom. The fourth-order valence-electron chi connectivity index (χ4n) is 4.49. The number of anilines is 1. The summed E-state index contributed by atoms with van der Waals surface area (Å²) in [5, 5.41) is 3.25. The van der Waals surface area contributed by atoms with Gasteiger partial charge in [0, 0.05) is 5.69 Å². The molecule has 2 aromatic carbocycles. The molecule has 3 rings (SSSR count). The second-order valence-corrected chi connectivity index (χ2v) is 8.74. The number of benzene rings is 2. The molecule has 0 radical (unpaired) electrons. The lowest BCUT2D eigenvalue weighted by atomic mass is 9.68. The summed E-state index contributed by atoms with van der Waals surface area (Å²) in [6, 6.07) is 12.6. The maximum Gasteiger partial charge on any atom is 0.235 e. The van der Waals surface area contributed by atoms with Crippen LogP contribution in [-0.2, 0) is 10.2 Å². The van der Waals surface area contributed by atoms with Crippen LogP contribution in [0.4, 0.5) is 5.69 Å². The highest BCUT2D eigenvalue weighted by Crippen LogP contribution is 2.41. The molecule has 0 spiro atoms. The van der Waals surface area contributed by atoms with E-state index in [0.717, 1.165) is 60.2 Å². The normalized spacial score (nSPS) is 16.9. The van der Waals surface area contributed by atoms with Crippen molar-refractivity contribution in [1.82, 2.24) is 0 Å². The molecule has 0 aromatic heterocycles. The lowest BCUT2D eigenvalue weighted by Crippen LogP contribution is -2.42. The van der Waals surface area contributed by atoms with Gasteiger partial charge in [-0.2, -0.15) is 0 Å². The van der Waals surface area contributed by atoms with Crippen molar-refractivity contribution in [1.29, 1.82) is 0 Å². The van der Waals surface area contributed by atoms with Gasteiger partial charge < -0.3 is 10.1 Å². The quantitative estimate of drug-likeness (QED) is 0.598. The van der Waals surface area contributed by atoms with Crippen molar-refractivity contribution < 1.29 is 9.53 Å². The largest absolute Gasteiger partial charge is 0.490 e. The van der Waals surface area contributed by atoms with E-state index in [-0.39, 0.29) is 12.0 Å². The van der Waals surface area contributed by atoms with Gasteiger partial charge in [0.05, 0.1) is 11.5 Å². The molecule has 29 heavy (non-hydrogen) atoms. The Hall–Kier alpha value is -2.29. The lowest BCUT2D eigenvalue weighted by molar-refractivity contribution is -0.122. The van der Waals surface area contributed by atoms with Crippen LogP contribution in [0.1, 0.15) is 74.6 Å². The predicted octanol–water partition coefficient (Wildman–Crippen LogP) is 6.63. The van der Waals surface area contributed by atoms with E-state index in [1.807, 2.05) is 12.1 Å². The zero-order valence-electron chi connectivity index (χ0n) is 18.6. The van der Waals surface area contributed by atoms with Crippen molar-refractivity contribution in [3.05, 3.63) is 58.7 Å². The van der Waals surface area contributed by atoms with Gasteiger partial charge in [0.2, 0.25) is 5.91 Å². The van der Waals surface area contributed by atoms with Crippen LogP contribution < -0.4 is 10.1 Å². The van der Waals surface area contributed by atoms with E-state index in [1.54, 1.807) is 0 Å². The monoisotopic (exact) mass is 393 g/mol. The molecule has 3 nitrogen and oxygen atoms in total. The van der Waals surface area contributed by atoms with Gasteiger partial charge in [-0.05, 0) is 75.8 Å². The molecule has 1 saturated carbocycles. The first-order chi connectivity index (χ1) is 13.9. The molecule has 1 N–H and O–H groups in total. The fraction of sp³-hybridized carbons (Fsp3) is 0.500. The Labute approximate surface area is 175 Å². The van der Waals surface area contributed by atoms with E-state index in [2.05, 4.69) is 64.2 Å². The molecule has 0 unspecified atom stereocenters. The molecule has 0 saturated heterocycles. The van der Waals surface area contributed by atoms with Crippen LogP contribution in [0.5, 0.6) is 5.75 Å². The van der Waals surface area contributed by atoms with Crippen molar-refractivity contribution in [3.63, 3.8) is 0 Å². The Morgan fingerprint density at radius 2 is 1.72 bits per heavy atom. The van der Waals surface area contributed by atoms with E-state index in [0.29, 0.717) is 0 Å². The summed E-state index contributed by atoms with van der Waals surface area (Å²) in [7, 11) is 0. The number of rotatable bonds is 6. The minimum absolute atomic E-state index is 0.122. The molecule has 1 aliphatic carbocycles. The topological polar surface area (TPSA) is 38.3 Å². The van der Waals surface area contributed by atoms with Crippen LogP contribution in [0.3, 0.4) is 0 Å². The summed E-state index contributed by atoms with van der Waals surface area (Å²) in [5.41, 5.74) is 4.91. The number of carbonyl (C=O) groups excluding carboxylic acids is 1. The van der Waals surface area contributed by atoms with Gasteiger partial charge in [-0.25, -0.2) is 0 Å². The summed E-state index contributed by atoms with van der Waals surface area (Å²) >= 11 is 0. The molecular formula is C26H35NO2. The van der Waals surface area contributed by atoms with Gasteiger partial charge >= 0.3 is 0 Å². The van der Waals surface area contributed by atoms with Gasteiger partial charge in [0.15, 0.2) is 0 Å². The van der Waals surface area contributed by atoms with Gasteiger partial charge in [0.25, 0.3) is 0 Å². The van der Waals surface area contributed by atoms with Crippen molar-refractivity contribution in [3.8, 4) is 5.75 Å². The van der Waals surface area contributed by atoms with Crippen LogP contribution in [0.2, 0.25) is 0 Å². The minimum Gasteiger partial charge on any atom is -0.490 e. The first kappa shape index (κ1) is 21.4. The second-order valence-electron chi connectivity index (χ2n) is 8.74. The number of ether oxygens (including phenoxy) is 1. The Kier molecular flexibility index (Phi) is 6.66. The standard InChI is InChI=1S/C26H35NO2/c1-6-21(5)29-24-19(3)16-23(17-20(24)4)27-25(28)26(13-8-7-9-14-26)22-12-10-11-18(2)15-22/h10-12,15-17,21H,6-9,13-14H2,1-5H3,(H,27,28)/t21-/m1/s1. The van der Waals surface area contributed by atoms with E-state index in [1.165, 1.54) is 12.0 Å². The Bertz CT molecular complexity index is 842. The van der Waals surface area contributed by atoms with Crippen LogP contribution in [0, 0.1) is 20.8 Å². The number of amides is 1. The van der Waals surface area contributed by atoms with Crippen molar-refractivity contribution >= 4 is 11.6 Å². The lowest BCUT2D eigenvalue weighted by Gasteiger charge is -2.36. The van der Waals surface area contributed by atoms with Gasteiger partial charge in [-0.3, -0.25) is 4.79 Å². The van der Waals surface area contributed by atoms with Crippen molar-refractivity contribution in [2.24, 2.45) is 0 Å². The summed E-state index contributed by atoms with van der Waals surface area (Å²) < 4.78 is 6.09. The minimum atomic E-state index is -0.433. The average Bonchev–Trinajstić information content (AvgIpc) is 2.71. The van der Waals surface area contributed by atoms with Gasteiger partial charge in [-0.15, -0.1) is 0 Å². The molecule has 1 atom stereocenters. The molecule has 2 aromatic rings. The maximum absolute atomic E-state index is 13.6. The summed E-state index contributed by atoms with van der Waals surface area (Å²) in [6.07, 6.45) is 6.38. The first-order valence-electron chi connectivity index (χ1n) is 11.0. The smallest absolute Gasteiger partial charge is 0.235 e. The number of aryl methyl sites for hydroxylation is 3. The van der Waals surface area contributed by atoms with Gasteiger partial charge in [0.1, 0.15) is 5.75 Å². The Balaban J connectivity index is 1.89. The van der Waals surface area contributed by atoms with Crippen LogP contribution in [-0.4, -0.2) is 12.0 Å². The van der Waals surface area contributed by atoms with E-state index in [4.69, 9.17) is 4.74 Å². The third-order valence-corrected chi connectivity index (χ3v) is 6.32. The maximum atomic E-state index is 13.6. The highest BCUT2D eigenvalue weighted by atomic mass is 16.5. The number of hydrogen-bond donors (Lipinski definition) is 1. The number of hydrogen-bond acceptors (Lipinski definition) is 2. The summed E-state index contributed by atoms with van der Waals surface area (Å²) in [4.78, 5) is 13.6. The second kappa shape index (κ2) is 9.02. The number of carbonyl (C=O) groups is 1. The molecule has 0 bridgehead atoms. The zero-order valence-corrected chi connectivity index (χ0v) is 18.6. The Morgan fingerprint density at radius 1 is 1.07 bits per heavy atom. The highest BCUT2D eigenvalue weighted by Gasteiger charge is 2.41. The molecule has 3 heteroatoms. The third kappa shape index (κ3) is 4.66. The molecule has 1 amide bonds. The van der Waals surface area contributed by atoms with Crippen LogP contribution >= 0.6 is 0 Å². The molecule has 0 heterocycles. The fourth-order valence-corrected chi connectivity index (χ4v) is 4.49. The van der Waals surface area contributed by atoms with E-state index in [9.17, 15) is 4.79 Å². The molecule has 1 aliphatic rings. The molecular weight excluding hydrogens is 358 g/mol. The molecule has 0 aliphatic heterocycles. The summed E-state index contributed by atoms with van der Waals surface area (Å²) in [6.45, 7) is 10.4. The summed E-state index contributed by atoms with van der Waals surface area (Å²) in [5.74, 6) is 1.06. The zero-order chi connectivity index (χ0) is 21.0. The third-order valence-electron chi connectivity index (χ3n) is 6.32. The molecule has 1 fully saturated rings. The van der Waals surface area contributed by atoms with Crippen LogP contribution in [0.15, 0.2) is 36.4 Å². The molecule has 156 valence electrons. The first-order valence-corrected chi connectivity index (χ1v) is 11.0. The predicted molar refractivity (Wildman–Crippen MR) is 121 cm³/mol. The van der Waals surface area contributed by atoms with Crippen LogP contribution in [0.25, 0.3) is 0 Å². The van der Waals surface area contributed by atoms with Crippen molar-refractivity contribution in [2.75, 3.05) is 5.32 Å². The van der Waals surface area contributed by atoms with E-state index < -0.39 is 5.41 Å². The highest BCUT2D eigenvalue weighted by molar-refractivity contribution is 5.99.